The van der Waals surface area contributed by atoms with Crippen molar-refractivity contribution in [1.29, 1.82) is 0 Å². The van der Waals surface area contributed by atoms with Crippen LogP contribution in [0.2, 0.25) is 0 Å². The smallest absolute Gasteiger partial charge is 0.277 e. The molecule has 2 N–H and O–H groups in total. The van der Waals surface area contributed by atoms with Gasteiger partial charge in [-0.25, -0.2) is 4.98 Å². The van der Waals surface area contributed by atoms with Crippen LogP contribution in [-0.2, 0) is 0 Å². The maximum absolute atomic E-state index is 12.1. The molecule has 1 aromatic rings. The summed E-state index contributed by atoms with van der Waals surface area (Å²) in [5, 5.41) is 0.000830. The summed E-state index contributed by atoms with van der Waals surface area (Å²) in [6.07, 6.45) is 1.86. The largest absolute Gasteiger partial charge is 0.364 e. The van der Waals surface area contributed by atoms with Crippen LogP contribution in [0.4, 0.5) is 0 Å². The van der Waals surface area contributed by atoms with Crippen LogP contribution in [0.15, 0.2) is 11.6 Å². The van der Waals surface area contributed by atoms with Gasteiger partial charge in [0, 0.05) is 5.57 Å². The number of hydrogen-bond acceptors (Lipinski definition) is 5. The van der Waals surface area contributed by atoms with Crippen LogP contribution in [0.1, 0.15) is 50.2 Å². The van der Waals surface area contributed by atoms with Gasteiger partial charge in [0.1, 0.15) is 10.6 Å². The van der Waals surface area contributed by atoms with E-state index in [9.17, 15) is 14.4 Å². The second kappa shape index (κ2) is 4.45. The molecule has 0 unspecified atom stereocenters. The molecule has 0 bridgehead atoms. The average molecular weight is 264 g/mol. The maximum Gasteiger partial charge on any atom is 0.277 e. The number of hydrogen-bond donors (Lipinski definition) is 1. The van der Waals surface area contributed by atoms with Crippen LogP contribution in [0, 0.1) is 5.92 Å². The lowest BCUT2D eigenvalue weighted by molar-refractivity contribution is 0.0977. The first-order valence-corrected chi connectivity index (χ1v) is 6.32. The van der Waals surface area contributed by atoms with Gasteiger partial charge >= 0.3 is 0 Å². The number of ketones is 2. The molecular formula is C12H12N2O3S. The molecule has 94 valence electrons. The van der Waals surface area contributed by atoms with Gasteiger partial charge in [0.25, 0.3) is 5.91 Å². The predicted molar refractivity (Wildman–Crippen MR) is 66.8 cm³/mol. The van der Waals surface area contributed by atoms with E-state index in [1.54, 1.807) is 0 Å². The molecule has 0 aliphatic heterocycles. The molecule has 18 heavy (non-hydrogen) atoms. The Balaban J connectivity index is 2.44. The number of primary amides is 1. The molecule has 6 heteroatoms. The van der Waals surface area contributed by atoms with Crippen molar-refractivity contribution in [3.8, 4) is 0 Å². The summed E-state index contributed by atoms with van der Waals surface area (Å²) in [6, 6.07) is 0. The highest BCUT2D eigenvalue weighted by atomic mass is 32.1. The lowest BCUT2D eigenvalue weighted by Gasteiger charge is -2.12. The zero-order chi connectivity index (χ0) is 13.4. The Morgan fingerprint density at radius 3 is 2.67 bits per heavy atom. The summed E-state index contributed by atoms with van der Waals surface area (Å²) in [6.45, 7) is 3.92. The summed E-state index contributed by atoms with van der Waals surface area (Å²) in [4.78, 5) is 39.1. The number of carbonyl (C=O) groups excluding carboxylic acids is 3. The van der Waals surface area contributed by atoms with Gasteiger partial charge in [0.15, 0.2) is 10.8 Å². The highest BCUT2D eigenvalue weighted by Gasteiger charge is 2.30. The maximum atomic E-state index is 12.1. The van der Waals surface area contributed by atoms with Gasteiger partial charge in [-0.15, -0.1) is 11.3 Å². The molecule has 5 nitrogen and oxygen atoms in total. The standard InChI is InChI=1S/C12H12N2O3S/c1-5(2)3-6-4-7(15)10-8(9(6)16)14-12(18-10)11(13)17/h4-5H,3H2,1-2H3,(H2,13,17). The van der Waals surface area contributed by atoms with Crippen molar-refractivity contribution in [3.05, 3.63) is 27.2 Å². The Hall–Kier alpha value is -1.82. The first-order chi connectivity index (χ1) is 8.40. The number of aromatic nitrogens is 1. The number of Topliss-reactive ketones (excluding diaryl/α,β-unsaturated/α-hetero) is 1. The number of carbonyl (C=O) groups is 3. The Kier molecular flexibility index (Phi) is 3.13. The van der Waals surface area contributed by atoms with Gasteiger partial charge < -0.3 is 5.73 Å². The van der Waals surface area contributed by atoms with E-state index in [2.05, 4.69) is 4.98 Å². The van der Waals surface area contributed by atoms with Crippen LogP contribution in [0.5, 0.6) is 0 Å². The number of rotatable bonds is 3. The number of nitrogens with zero attached hydrogens (tertiary/aromatic N) is 1. The van der Waals surface area contributed by atoms with Crippen LogP contribution >= 0.6 is 11.3 Å². The van der Waals surface area contributed by atoms with E-state index in [4.69, 9.17) is 5.73 Å². The fraction of sp³-hybridized carbons (Fsp3) is 0.333. The summed E-state index contributed by atoms with van der Waals surface area (Å²) >= 11 is 0.876. The van der Waals surface area contributed by atoms with Crippen LogP contribution in [-0.4, -0.2) is 22.5 Å². The molecule has 1 heterocycles. The third kappa shape index (κ3) is 2.11. The molecule has 2 rings (SSSR count). The normalized spacial score (nSPS) is 14.7. The van der Waals surface area contributed by atoms with Gasteiger partial charge in [-0.3, -0.25) is 14.4 Å². The molecule has 0 radical (unpaired) electrons. The number of fused-ring (bicyclic) bond motifs is 1. The number of nitrogens with two attached hydrogens (primary N) is 1. The van der Waals surface area contributed by atoms with Crippen LogP contribution in [0.3, 0.4) is 0 Å². The second-order valence-electron chi connectivity index (χ2n) is 4.52. The molecule has 1 aromatic heterocycles. The number of allylic oxidation sites excluding steroid dienone is 2. The lowest BCUT2D eigenvalue weighted by Crippen LogP contribution is -2.17. The Bertz CT molecular complexity index is 584. The minimum absolute atomic E-state index is 0.000830. The van der Waals surface area contributed by atoms with Gasteiger partial charge in [-0.1, -0.05) is 13.8 Å². The molecule has 1 amide bonds. The minimum Gasteiger partial charge on any atom is -0.364 e. The van der Waals surface area contributed by atoms with Gasteiger partial charge in [0.2, 0.25) is 5.78 Å². The molecule has 0 spiro atoms. The fourth-order valence-electron chi connectivity index (χ4n) is 1.78. The van der Waals surface area contributed by atoms with Crippen molar-refractivity contribution in [1.82, 2.24) is 4.98 Å². The molecule has 0 atom stereocenters. The van der Waals surface area contributed by atoms with Gasteiger partial charge in [-0.05, 0) is 18.4 Å². The number of amides is 1. The van der Waals surface area contributed by atoms with Crippen molar-refractivity contribution < 1.29 is 14.4 Å². The molecule has 0 fully saturated rings. The van der Waals surface area contributed by atoms with Crippen molar-refractivity contribution >= 4 is 28.8 Å². The van der Waals surface area contributed by atoms with E-state index in [1.807, 2.05) is 13.8 Å². The monoisotopic (exact) mass is 264 g/mol. The molecule has 0 saturated heterocycles. The molecular weight excluding hydrogens is 252 g/mol. The van der Waals surface area contributed by atoms with Crippen molar-refractivity contribution in [2.24, 2.45) is 11.7 Å². The van der Waals surface area contributed by atoms with E-state index in [-0.39, 0.29) is 33.1 Å². The predicted octanol–water partition coefficient (Wildman–Crippen LogP) is 1.59. The lowest BCUT2D eigenvalue weighted by atomic mass is 9.92. The Labute approximate surface area is 108 Å². The van der Waals surface area contributed by atoms with Crippen LogP contribution < -0.4 is 5.73 Å². The Morgan fingerprint density at radius 2 is 2.11 bits per heavy atom. The molecule has 0 saturated carbocycles. The highest BCUT2D eigenvalue weighted by molar-refractivity contribution is 7.16. The first-order valence-electron chi connectivity index (χ1n) is 5.50. The second-order valence-corrected chi connectivity index (χ2v) is 5.52. The quantitative estimate of drug-likeness (QED) is 0.897. The van der Waals surface area contributed by atoms with E-state index in [0.29, 0.717) is 12.0 Å². The molecule has 1 aliphatic carbocycles. The van der Waals surface area contributed by atoms with E-state index in [0.717, 1.165) is 11.3 Å². The highest BCUT2D eigenvalue weighted by Crippen LogP contribution is 2.28. The topological polar surface area (TPSA) is 90.1 Å². The summed E-state index contributed by atoms with van der Waals surface area (Å²) in [5.74, 6) is -1.00. The van der Waals surface area contributed by atoms with Crippen LogP contribution in [0.25, 0.3) is 0 Å². The van der Waals surface area contributed by atoms with E-state index < -0.39 is 5.91 Å². The third-order valence-corrected chi connectivity index (χ3v) is 3.59. The fourth-order valence-corrected chi connectivity index (χ4v) is 2.60. The van der Waals surface area contributed by atoms with Gasteiger partial charge in [0.05, 0.1) is 0 Å². The Morgan fingerprint density at radius 1 is 1.44 bits per heavy atom. The van der Waals surface area contributed by atoms with Crippen molar-refractivity contribution in [2.45, 2.75) is 20.3 Å². The molecule has 1 aliphatic rings. The van der Waals surface area contributed by atoms with E-state index in [1.165, 1.54) is 6.08 Å². The third-order valence-electron chi connectivity index (χ3n) is 2.50. The number of thiazole rings is 1. The summed E-state index contributed by atoms with van der Waals surface area (Å²) < 4.78 is 0. The SMILES string of the molecule is CC(C)CC1=CC(=O)c2sc(C(N)=O)nc2C1=O. The van der Waals surface area contributed by atoms with Crippen molar-refractivity contribution in [2.75, 3.05) is 0 Å². The van der Waals surface area contributed by atoms with E-state index >= 15 is 0 Å². The van der Waals surface area contributed by atoms with Gasteiger partial charge in [-0.2, -0.15) is 0 Å². The first kappa shape index (κ1) is 12.6. The zero-order valence-corrected chi connectivity index (χ0v) is 10.8. The van der Waals surface area contributed by atoms with Crippen molar-refractivity contribution in [3.63, 3.8) is 0 Å². The minimum atomic E-state index is -0.722. The summed E-state index contributed by atoms with van der Waals surface area (Å²) in [5.41, 5.74) is 5.62. The average Bonchev–Trinajstić information content (AvgIpc) is 2.70. The zero-order valence-electron chi connectivity index (χ0n) is 10.0. The molecule has 0 aromatic carbocycles. The summed E-state index contributed by atoms with van der Waals surface area (Å²) in [7, 11) is 0.